The van der Waals surface area contributed by atoms with E-state index in [1.54, 1.807) is 60.7 Å². The Hall–Kier alpha value is -4.79. The molecule has 0 amide bonds. The van der Waals surface area contributed by atoms with E-state index >= 15 is 0 Å². The van der Waals surface area contributed by atoms with Crippen LogP contribution in [0.15, 0.2) is 83.2 Å². The molecule has 5 rings (SSSR count). The van der Waals surface area contributed by atoms with E-state index < -0.39 is 58.1 Å². The number of allylic oxidation sites excluding steroid dienone is 8. The van der Waals surface area contributed by atoms with Gasteiger partial charge in [-0.2, -0.15) is 48.9 Å². The predicted molar refractivity (Wildman–Crippen MR) is 227 cm³/mol. The van der Waals surface area contributed by atoms with Crippen LogP contribution in [-0.4, -0.2) is 81.2 Å². The zero-order valence-corrected chi connectivity index (χ0v) is 36.9. The lowest BCUT2D eigenvalue weighted by Gasteiger charge is -2.27. The second-order valence-corrected chi connectivity index (χ2v) is 21.4. The van der Waals surface area contributed by atoms with Crippen molar-refractivity contribution >= 4 is 47.3 Å². The summed E-state index contributed by atoms with van der Waals surface area (Å²) in [4.78, 5) is 3.86. The number of nitriles is 2. The summed E-state index contributed by atoms with van der Waals surface area (Å²) < 4.78 is 134. The number of sulfonamides is 1. The van der Waals surface area contributed by atoms with Crippen molar-refractivity contribution in [2.45, 2.75) is 89.0 Å². The highest BCUT2D eigenvalue weighted by molar-refractivity contribution is 7.86. The fraction of sp³-hybridized carbons (Fsp3) is 0.452. The first-order valence-electron chi connectivity index (χ1n) is 19.5. The number of alkyl halides is 3. The third-order valence-electron chi connectivity index (χ3n) is 11.5. The molecule has 0 unspecified atom stereocenters. The van der Waals surface area contributed by atoms with Gasteiger partial charge in [0.2, 0.25) is 5.71 Å². The van der Waals surface area contributed by atoms with E-state index in [0.29, 0.717) is 66.0 Å². The van der Waals surface area contributed by atoms with Gasteiger partial charge in [0.05, 0.1) is 34.8 Å². The first-order chi connectivity index (χ1) is 28.2. The van der Waals surface area contributed by atoms with Crippen LogP contribution in [0.25, 0.3) is 0 Å². The summed E-state index contributed by atoms with van der Waals surface area (Å²) >= 11 is 0. The van der Waals surface area contributed by atoms with Gasteiger partial charge >= 0.3 is 15.5 Å². The van der Waals surface area contributed by atoms with Gasteiger partial charge in [0, 0.05) is 57.8 Å². The zero-order valence-electron chi connectivity index (χ0n) is 34.5. The minimum absolute atomic E-state index is 0.140. The molecule has 61 heavy (non-hydrogen) atoms. The molecule has 2 N–H and O–H groups in total. The van der Waals surface area contributed by atoms with Crippen LogP contribution in [0.3, 0.4) is 0 Å². The topological polar surface area (TPSA) is 200 Å². The highest BCUT2D eigenvalue weighted by Crippen LogP contribution is 2.50. The van der Waals surface area contributed by atoms with Crippen molar-refractivity contribution in [2.75, 3.05) is 41.4 Å². The summed E-state index contributed by atoms with van der Waals surface area (Å²) in [5.41, 5.74) is -1.50. The maximum Gasteiger partial charge on any atom is 0.560 e. The number of hydrogen-bond donors (Lipinski definition) is 2. The number of rotatable bonds is 13. The smallest absolute Gasteiger partial charge is 0.344 e. The fourth-order valence-electron chi connectivity index (χ4n) is 8.36. The lowest BCUT2D eigenvalue weighted by molar-refractivity contribution is -0.340. The predicted octanol–water partition coefficient (Wildman–Crippen LogP) is 7.40. The van der Waals surface area contributed by atoms with Crippen LogP contribution in [-0.2, 0) is 41.1 Å². The van der Waals surface area contributed by atoms with E-state index in [4.69, 9.17) is 0 Å². The first-order valence-corrected chi connectivity index (χ1v) is 24.2. The molecule has 1 aliphatic carbocycles. The molecule has 0 saturated heterocycles. The van der Waals surface area contributed by atoms with Gasteiger partial charge in [0.15, 0.2) is 7.05 Å². The average molecular weight is 905 g/mol. The monoisotopic (exact) mass is 904 g/mol. The van der Waals surface area contributed by atoms with Gasteiger partial charge in [0.1, 0.15) is 0 Å². The Morgan fingerprint density at radius 3 is 1.44 bits per heavy atom. The summed E-state index contributed by atoms with van der Waals surface area (Å²) in [6.45, 7) is 8.24. The molecule has 3 aliphatic rings. The Labute approximate surface area is 356 Å². The van der Waals surface area contributed by atoms with Gasteiger partial charge in [0.25, 0.3) is 20.2 Å². The third-order valence-corrected chi connectivity index (χ3v) is 14.6. The summed E-state index contributed by atoms with van der Waals surface area (Å²) in [6, 6.07) is 14.6. The largest absolute Gasteiger partial charge is 0.560 e. The quantitative estimate of drug-likeness (QED) is 0.115. The Balaban J connectivity index is 1.66. The molecule has 1 fully saturated rings. The minimum atomic E-state index is -5.89. The van der Waals surface area contributed by atoms with Crippen molar-refractivity contribution in [2.24, 2.45) is 0 Å². The zero-order chi connectivity index (χ0) is 45.3. The number of unbranched alkanes of at least 4 members (excludes halogenated alkanes) is 2. The normalized spacial score (nSPS) is 21.2. The molecule has 0 bridgehead atoms. The highest BCUT2D eigenvalue weighted by Gasteiger charge is 2.55. The molecule has 0 aromatic heterocycles. The molecule has 19 heteroatoms. The SMILES string of the molecule is C[N+](=C1C(=CC=C2N(CCCCS(=O)(=O)O)c3ccc(C#N)cc3C2(C)C)CCC/C1=C\C=C1\N(CCCCS(=O)(=O)O)c2ccc(C#N)cc2C1(C)C)S(=O)(=O)C(F)(F)F. The Kier molecular flexibility index (Phi) is 13.6. The number of halogens is 3. The molecule has 328 valence electrons. The second-order valence-electron chi connectivity index (χ2n) is 16.3. The summed E-state index contributed by atoms with van der Waals surface area (Å²) in [7, 11) is -13.4. The van der Waals surface area contributed by atoms with Gasteiger partial charge < -0.3 is 9.80 Å². The van der Waals surface area contributed by atoms with E-state index in [-0.39, 0.29) is 35.4 Å². The molecule has 2 aromatic carbocycles. The molecule has 0 spiro atoms. The van der Waals surface area contributed by atoms with Crippen molar-refractivity contribution in [3.05, 3.63) is 105 Å². The van der Waals surface area contributed by atoms with E-state index in [0.717, 1.165) is 29.5 Å². The molecule has 1 saturated carbocycles. The van der Waals surface area contributed by atoms with Crippen LogP contribution in [0.4, 0.5) is 24.5 Å². The van der Waals surface area contributed by atoms with Crippen molar-refractivity contribution in [1.82, 2.24) is 0 Å². The van der Waals surface area contributed by atoms with Gasteiger partial charge in [-0.1, -0.05) is 39.8 Å². The van der Waals surface area contributed by atoms with Crippen LogP contribution in [0.2, 0.25) is 0 Å². The molecule has 0 radical (unpaired) electrons. The van der Waals surface area contributed by atoms with E-state index in [1.807, 2.05) is 37.5 Å². The van der Waals surface area contributed by atoms with Crippen molar-refractivity contribution < 1.29 is 51.5 Å². The highest BCUT2D eigenvalue weighted by atomic mass is 32.2. The van der Waals surface area contributed by atoms with E-state index in [1.165, 1.54) is 0 Å². The Bertz CT molecular complexity index is 2530. The van der Waals surface area contributed by atoms with Crippen molar-refractivity contribution in [1.29, 1.82) is 10.5 Å². The maximum atomic E-state index is 14.3. The Morgan fingerprint density at radius 1 is 0.705 bits per heavy atom. The lowest BCUT2D eigenvalue weighted by atomic mass is 9.82. The number of hydrogen-bond acceptors (Lipinski definition) is 10. The molecule has 2 aromatic rings. The lowest BCUT2D eigenvalue weighted by Crippen LogP contribution is -2.37. The van der Waals surface area contributed by atoms with Crippen LogP contribution in [0.1, 0.15) is 94.9 Å². The van der Waals surface area contributed by atoms with Gasteiger partial charge in [-0.15, -0.1) is 3.98 Å². The number of benzene rings is 2. The van der Waals surface area contributed by atoms with Crippen LogP contribution < -0.4 is 9.80 Å². The van der Waals surface area contributed by atoms with Gasteiger partial charge in [-0.3, -0.25) is 9.11 Å². The summed E-state index contributed by atoms with van der Waals surface area (Å²) in [6.07, 6.45) is 8.51. The van der Waals surface area contributed by atoms with Crippen LogP contribution in [0, 0.1) is 22.7 Å². The number of nitrogens with zero attached hydrogens (tertiary/aromatic N) is 5. The summed E-state index contributed by atoms with van der Waals surface area (Å²) in [5.74, 6) is -0.902. The fourth-order valence-corrected chi connectivity index (χ4v) is 10.3. The van der Waals surface area contributed by atoms with Crippen LogP contribution >= 0.6 is 0 Å². The molecular weight excluding hydrogens is 856 g/mol. The molecular formula is C42H49F3N5O8S3+. The summed E-state index contributed by atoms with van der Waals surface area (Å²) in [5, 5.41) is 19.3. The maximum absolute atomic E-state index is 14.3. The third kappa shape index (κ3) is 10.1. The molecule has 2 aliphatic heterocycles. The van der Waals surface area contributed by atoms with Gasteiger partial charge in [-0.05, 0) is 105 Å². The minimum Gasteiger partial charge on any atom is -0.344 e. The number of anilines is 2. The number of fused-ring (bicyclic) bond motifs is 2. The molecule has 13 nitrogen and oxygen atoms in total. The van der Waals surface area contributed by atoms with Crippen LogP contribution in [0.5, 0.6) is 0 Å². The average Bonchev–Trinajstić information content (AvgIpc) is 3.51. The molecule has 2 heterocycles. The first kappa shape index (κ1) is 47.3. The van der Waals surface area contributed by atoms with Crippen molar-refractivity contribution in [3.8, 4) is 12.1 Å². The van der Waals surface area contributed by atoms with E-state index in [2.05, 4.69) is 12.1 Å². The second kappa shape index (κ2) is 17.5. The van der Waals surface area contributed by atoms with Gasteiger partial charge in [-0.25, -0.2) is 0 Å². The van der Waals surface area contributed by atoms with E-state index in [9.17, 15) is 58.1 Å². The molecule has 0 atom stereocenters. The van der Waals surface area contributed by atoms with Crippen molar-refractivity contribution in [3.63, 3.8) is 0 Å². The Morgan fingerprint density at radius 2 is 1.10 bits per heavy atom. The standard InChI is InChI=1S/C42H48F3N5O8S3/c1-40(2)33-25-29(27-46)13-17-35(33)49(21-6-8-23-59(51,52)53)37(40)19-15-31-11-10-12-32(39(31)48(5)61(57,58)42(43,44)45)16-20-38-41(3,4)34-26-30(28-47)14-18-36(34)50(38)22-7-9-24-60(54,55)56/h13-20,25-26H,6-12,21-24H2,1-5H3,(H-,51,52,53,54,55,56)/p+1.